The minimum absolute atomic E-state index is 0.132. The van der Waals surface area contributed by atoms with E-state index in [-0.39, 0.29) is 29.6 Å². The van der Waals surface area contributed by atoms with Crippen molar-refractivity contribution in [3.63, 3.8) is 0 Å². The summed E-state index contributed by atoms with van der Waals surface area (Å²) in [5.41, 5.74) is 3.23. The Morgan fingerprint density at radius 2 is 2.06 bits per heavy atom. The van der Waals surface area contributed by atoms with Crippen LogP contribution in [-0.4, -0.2) is 60.1 Å². The Morgan fingerprint density at radius 3 is 2.85 bits per heavy atom. The number of hydrogen-bond acceptors (Lipinski definition) is 7. The Labute approximate surface area is 195 Å². The van der Waals surface area contributed by atoms with Crippen LogP contribution in [0.5, 0.6) is 0 Å². The van der Waals surface area contributed by atoms with Crippen molar-refractivity contribution in [1.82, 2.24) is 44.6 Å². The summed E-state index contributed by atoms with van der Waals surface area (Å²) in [5, 5.41) is 21.0. The molecule has 0 radical (unpaired) electrons. The lowest BCUT2D eigenvalue weighted by molar-refractivity contribution is 0.0942. The summed E-state index contributed by atoms with van der Waals surface area (Å²) in [6, 6.07) is 10.7. The molecular formula is C21H23N9O3S. The van der Waals surface area contributed by atoms with Crippen molar-refractivity contribution in [2.24, 2.45) is 7.05 Å². The van der Waals surface area contributed by atoms with Crippen LogP contribution >= 0.6 is 0 Å². The van der Waals surface area contributed by atoms with Gasteiger partial charge in [0, 0.05) is 37.6 Å². The molecule has 0 saturated heterocycles. The number of benzene rings is 1. The minimum atomic E-state index is -3.78. The van der Waals surface area contributed by atoms with Crippen LogP contribution in [0.4, 0.5) is 0 Å². The van der Waals surface area contributed by atoms with Gasteiger partial charge in [-0.2, -0.15) is 14.6 Å². The molecule has 0 aliphatic carbocycles. The number of fused-ring (bicyclic) bond motifs is 1. The summed E-state index contributed by atoms with van der Waals surface area (Å²) < 4.78 is 31.6. The third-order valence-corrected chi connectivity index (χ3v) is 7.99. The van der Waals surface area contributed by atoms with Crippen molar-refractivity contribution >= 4 is 15.9 Å². The summed E-state index contributed by atoms with van der Waals surface area (Å²) in [4.78, 5) is 13.1. The van der Waals surface area contributed by atoms with E-state index in [9.17, 15) is 13.2 Å². The summed E-state index contributed by atoms with van der Waals surface area (Å²) in [5.74, 6) is 0.0931. The van der Waals surface area contributed by atoms with E-state index in [1.165, 1.54) is 10.4 Å². The van der Waals surface area contributed by atoms with Crippen LogP contribution in [0.1, 0.15) is 27.4 Å². The number of carbonyl (C=O) groups is 1. The van der Waals surface area contributed by atoms with Crippen LogP contribution in [0, 0.1) is 6.92 Å². The molecular weight excluding hydrogens is 458 g/mol. The van der Waals surface area contributed by atoms with Crippen molar-refractivity contribution in [1.29, 1.82) is 0 Å². The molecule has 1 aromatic carbocycles. The summed E-state index contributed by atoms with van der Waals surface area (Å²) in [7, 11) is -2.09. The lowest BCUT2D eigenvalue weighted by atomic mass is 10.1. The molecule has 5 rings (SSSR count). The number of tetrazole rings is 1. The summed E-state index contributed by atoms with van der Waals surface area (Å²) in [6.07, 6.45) is 1.67. The molecule has 4 heterocycles. The number of nitrogens with one attached hydrogen (secondary N) is 2. The first-order valence-electron chi connectivity index (χ1n) is 10.6. The molecule has 12 nitrogen and oxygen atoms in total. The van der Waals surface area contributed by atoms with E-state index in [1.54, 1.807) is 29.4 Å². The maximum absolute atomic E-state index is 13.4. The number of nitrogens with zero attached hydrogens (tertiary/aromatic N) is 7. The van der Waals surface area contributed by atoms with E-state index in [1.807, 2.05) is 30.3 Å². The standard InChI is InChI=1S/C21H23N9O3S/c1-14-19(34(32,33)29-8-9-30-17(13-29)6-7-23-30)11-18(28(14)2)21(31)22-12-15-4-3-5-16(10-15)20-24-26-27-25-20/h3-7,10-11H,8-9,12-13H2,1-2H3,(H,22,31)(H,24,25,26,27). The topological polar surface area (TPSA) is 144 Å². The molecule has 2 N–H and O–H groups in total. The molecule has 13 heteroatoms. The fourth-order valence-electron chi connectivity index (χ4n) is 4.03. The van der Waals surface area contributed by atoms with Crippen LogP contribution in [0.2, 0.25) is 0 Å². The van der Waals surface area contributed by atoms with Crippen molar-refractivity contribution in [2.45, 2.75) is 31.5 Å². The highest BCUT2D eigenvalue weighted by Gasteiger charge is 2.32. The maximum Gasteiger partial charge on any atom is 0.268 e. The van der Waals surface area contributed by atoms with E-state index < -0.39 is 10.0 Å². The zero-order valence-electron chi connectivity index (χ0n) is 18.6. The fourth-order valence-corrected chi connectivity index (χ4v) is 5.71. The first-order chi connectivity index (χ1) is 16.3. The second-order valence-corrected chi connectivity index (χ2v) is 9.95. The Balaban J connectivity index is 1.33. The van der Waals surface area contributed by atoms with Gasteiger partial charge in [0.05, 0.1) is 18.8 Å². The molecule has 4 aromatic rings. The minimum Gasteiger partial charge on any atom is -0.347 e. The van der Waals surface area contributed by atoms with Crippen LogP contribution in [0.25, 0.3) is 11.4 Å². The van der Waals surface area contributed by atoms with E-state index in [2.05, 4.69) is 31.0 Å². The Hall–Kier alpha value is -3.84. The smallest absolute Gasteiger partial charge is 0.268 e. The molecule has 0 spiro atoms. The number of carbonyl (C=O) groups excluding carboxylic acids is 1. The first-order valence-corrected chi connectivity index (χ1v) is 12.1. The monoisotopic (exact) mass is 481 g/mol. The number of aromatic nitrogens is 7. The van der Waals surface area contributed by atoms with Gasteiger partial charge in [0.25, 0.3) is 5.91 Å². The fraction of sp³-hybridized carbons (Fsp3) is 0.286. The van der Waals surface area contributed by atoms with Gasteiger partial charge in [-0.05, 0) is 35.9 Å². The van der Waals surface area contributed by atoms with Gasteiger partial charge in [0.15, 0.2) is 0 Å². The predicted molar refractivity (Wildman–Crippen MR) is 121 cm³/mol. The van der Waals surface area contributed by atoms with Gasteiger partial charge in [0.1, 0.15) is 10.6 Å². The van der Waals surface area contributed by atoms with Gasteiger partial charge in [-0.1, -0.05) is 18.2 Å². The normalized spacial score (nSPS) is 14.2. The summed E-state index contributed by atoms with van der Waals surface area (Å²) in [6.45, 7) is 3.02. The SMILES string of the molecule is Cc1c(S(=O)(=O)N2CCn3nccc3C2)cc(C(=O)NCc2cccc(-c3nn[nH]n3)c2)n1C. The number of amides is 1. The lowest BCUT2D eigenvalue weighted by Crippen LogP contribution is -2.38. The molecule has 0 bridgehead atoms. The average Bonchev–Trinajstić information content (AvgIpc) is 3.59. The maximum atomic E-state index is 13.4. The van der Waals surface area contributed by atoms with Gasteiger partial charge in [-0.25, -0.2) is 8.42 Å². The van der Waals surface area contributed by atoms with E-state index in [4.69, 9.17) is 0 Å². The van der Waals surface area contributed by atoms with Gasteiger partial charge in [0.2, 0.25) is 15.8 Å². The van der Waals surface area contributed by atoms with Crippen LogP contribution in [-0.2, 0) is 36.7 Å². The summed E-state index contributed by atoms with van der Waals surface area (Å²) >= 11 is 0. The van der Waals surface area contributed by atoms with Crippen molar-refractivity contribution < 1.29 is 13.2 Å². The number of H-pyrrole nitrogens is 1. The molecule has 0 fully saturated rings. The number of hydrogen-bond donors (Lipinski definition) is 2. The van der Waals surface area contributed by atoms with Crippen LogP contribution in [0.3, 0.4) is 0 Å². The Bertz CT molecular complexity index is 1450. The molecule has 1 aliphatic heterocycles. The van der Waals surface area contributed by atoms with Crippen molar-refractivity contribution in [2.75, 3.05) is 6.54 Å². The van der Waals surface area contributed by atoms with Crippen molar-refractivity contribution in [3.8, 4) is 11.4 Å². The predicted octanol–water partition coefficient (Wildman–Crippen LogP) is 0.845. The second-order valence-electron chi connectivity index (χ2n) is 8.04. The van der Waals surface area contributed by atoms with Crippen LogP contribution in [0.15, 0.2) is 47.5 Å². The zero-order chi connectivity index (χ0) is 23.9. The van der Waals surface area contributed by atoms with Crippen LogP contribution < -0.4 is 5.32 Å². The molecule has 0 unspecified atom stereocenters. The van der Waals surface area contributed by atoms with Gasteiger partial charge >= 0.3 is 0 Å². The quantitative estimate of drug-likeness (QED) is 0.415. The second kappa shape index (κ2) is 8.50. The molecule has 176 valence electrons. The number of aromatic amines is 1. The first kappa shape index (κ1) is 22.0. The van der Waals surface area contributed by atoms with Gasteiger partial charge < -0.3 is 9.88 Å². The molecule has 1 aliphatic rings. The highest BCUT2D eigenvalue weighted by Crippen LogP contribution is 2.26. The van der Waals surface area contributed by atoms with Gasteiger partial charge in [-0.15, -0.1) is 10.2 Å². The third kappa shape index (κ3) is 3.88. The molecule has 0 saturated carbocycles. The highest BCUT2D eigenvalue weighted by molar-refractivity contribution is 7.89. The Morgan fingerprint density at radius 1 is 1.21 bits per heavy atom. The lowest BCUT2D eigenvalue weighted by Gasteiger charge is -2.26. The van der Waals surface area contributed by atoms with Crippen molar-refractivity contribution in [3.05, 3.63) is 65.2 Å². The molecule has 3 aromatic heterocycles. The third-order valence-electron chi connectivity index (χ3n) is 6.03. The van der Waals surface area contributed by atoms with Gasteiger partial charge in [-0.3, -0.25) is 9.48 Å². The Kier molecular flexibility index (Phi) is 5.49. The average molecular weight is 482 g/mol. The molecule has 1 amide bonds. The zero-order valence-corrected chi connectivity index (χ0v) is 19.4. The number of sulfonamides is 1. The highest BCUT2D eigenvalue weighted by atomic mass is 32.2. The number of rotatable bonds is 6. The van der Waals surface area contributed by atoms with E-state index >= 15 is 0 Å². The largest absolute Gasteiger partial charge is 0.347 e. The molecule has 0 atom stereocenters. The van der Waals surface area contributed by atoms with E-state index in [0.717, 1.165) is 16.8 Å². The molecule has 34 heavy (non-hydrogen) atoms. The van der Waals surface area contributed by atoms with E-state index in [0.29, 0.717) is 24.6 Å².